The van der Waals surface area contributed by atoms with Crippen molar-refractivity contribution in [3.05, 3.63) is 139 Å². The van der Waals surface area contributed by atoms with Crippen LogP contribution in [0, 0.1) is 6.92 Å². The fraction of sp³-hybridized carbons (Fsp3) is 0.0303. The van der Waals surface area contributed by atoms with Gasteiger partial charge in [-0.3, -0.25) is 0 Å². The topological polar surface area (TPSA) is 3.24 Å². The Hall–Kier alpha value is -4.36. The third-order valence-electron chi connectivity index (χ3n) is 6.49. The molecule has 0 bridgehead atoms. The fourth-order valence-electron chi connectivity index (χ4n) is 4.63. The third kappa shape index (κ3) is 3.82. The normalized spacial score (nSPS) is 11.1. The standard InChI is InChI=1S/C33H25N/c1-24-10-12-27(13-11-24)28-14-18-31(19-15-28)34(32-20-16-25-6-2-4-8-29(25)22-32)33-21-17-26-7-3-5-9-30(26)23-33/h2-23H,1H3. The molecule has 34 heavy (non-hydrogen) atoms. The molecule has 0 heterocycles. The van der Waals surface area contributed by atoms with Crippen molar-refractivity contribution in [2.75, 3.05) is 4.90 Å². The summed E-state index contributed by atoms with van der Waals surface area (Å²) >= 11 is 0. The molecule has 0 aliphatic carbocycles. The molecule has 6 aromatic rings. The number of anilines is 3. The zero-order chi connectivity index (χ0) is 22.9. The Balaban J connectivity index is 1.48. The van der Waals surface area contributed by atoms with E-state index in [2.05, 4.69) is 145 Å². The van der Waals surface area contributed by atoms with Gasteiger partial charge in [-0.05, 0) is 76.0 Å². The monoisotopic (exact) mass is 435 g/mol. The van der Waals surface area contributed by atoms with Crippen LogP contribution in [0.4, 0.5) is 17.1 Å². The molecule has 0 aromatic heterocycles. The summed E-state index contributed by atoms with van der Waals surface area (Å²) in [6.07, 6.45) is 0. The molecule has 6 rings (SSSR count). The van der Waals surface area contributed by atoms with Crippen molar-refractivity contribution in [1.29, 1.82) is 0 Å². The molecule has 0 radical (unpaired) electrons. The van der Waals surface area contributed by atoms with Gasteiger partial charge in [0.1, 0.15) is 0 Å². The van der Waals surface area contributed by atoms with Crippen LogP contribution < -0.4 is 4.90 Å². The van der Waals surface area contributed by atoms with Gasteiger partial charge in [0, 0.05) is 17.1 Å². The molecule has 0 aliphatic heterocycles. The highest BCUT2D eigenvalue weighted by Gasteiger charge is 2.14. The second-order valence-electron chi connectivity index (χ2n) is 8.81. The molecule has 0 spiro atoms. The summed E-state index contributed by atoms with van der Waals surface area (Å²) in [4.78, 5) is 2.35. The number of nitrogens with zero attached hydrogens (tertiary/aromatic N) is 1. The summed E-state index contributed by atoms with van der Waals surface area (Å²) in [6.45, 7) is 2.12. The van der Waals surface area contributed by atoms with E-state index in [4.69, 9.17) is 0 Å². The van der Waals surface area contributed by atoms with Gasteiger partial charge in [0.15, 0.2) is 0 Å². The quantitative estimate of drug-likeness (QED) is 0.266. The van der Waals surface area contributed by atoms with E-state index in [9.17, 15) is 0 Å². The Bertz CT molecular complexity index is 1520. The van der Waals surface area contributed by atoms with Crippen LogP contribution in [0.5, 0.6) is 0 Å². The van der Waals surface area contributed by atoms with Crippen molar-refractivity contribution in [2.24, 2.45) is 0 Å². The van der Waals surface area contributed by atoms with Crippen molar-refractivity contribution >= 4 is 38.6 Å². The predicted molar refractivity (Wildman–Crippen MR) is 146 cm³/mol. The molecular formula is C33H25N. The summed E-state index contributed by atoms with van der Waals surface area (Å²) in [6, 6.07) is 48.0. The van der Waals surface area contributed by atoms with Gasteiger partial charge in [-0.2, -0.15) is 0 Å². The van der Waals surface area contributed by atoms with Crippen LogP contribution in [-0.2, 0) is 0 Å². The molecule has 0 unspecified atom stereocenters. The first-order valence-electron chi connectivity index (χ1n) is 11.7. The highest BCUT2D eigenvalue weighted by molar-refractivity contribution is 5.92. The van der Waals surface area contributed by atoms with Crippen LogP contribution in [0.15, 0.2) is 133 Å². The summed E-state index contributed by atoms with van der Waals surface area (Å²) < 4.78 is 0. The SMILES string of the molecule is Cc1ccc(-c2ccc(N(c3ccc4ccccc4c3)c3ccc4ccccc4c3)cc2)cc1. The van der Waals surface area contributed by atoms with E-state index in [1.807, 2.05) is 0 Å². The van der Waals surface area contributed by atoms with Crippen molar-refractivity contribution in [1.82, 2.24) is 0 Å². The lowest BCUT2D eigenvalue weighted by Crippen LogP contribution is -2.09. The Morgan fingerprint density at radius 3 is 1.29 bits per heavy atom. The minimum absolute atomic E-state index is 1.14. The Labute approximate surface area is 200 Å². The summed E-state index contributed by atoms with van der Waals surface area (Å²) in [5.41, 5.74) is 7.18. The first-order chi connectivity index (χ1) is 16.7. The average molecular weight is 436 g/mol. The van der Waals surface area contributed by atoms with Crippen LogP contribution in [-0.4, -0.2) is 0 Å². The Morgan fingerprint density at radius 1 is 0.382 bits per heavy atom. The zero-order valence-electron chi connectivity index (χ0n) is 19.1. The van der Waals surface area contributed by atoms with Gasteiger partial charge < -0.3 is 4.90 Å². The van der Waals surface area contributed by atoms with Crippen molar-refractivity contribution in [3.8, 4) is 11.1 Å². The minimum atomic E-state index is 1.14. The van der Waals surface area contributed by atoms with E-state index in [0.29, 0.717) is 0 Å². The highest BCUT2D eigenvalue weighted by atomic mass is 15.1. The number of aryl methyl sites for hydroxylation is 1. The lowest BCUT2D eigenvalue weighted by Gasteiger charge is -2.26. The number of hydrogen-bond donors (Lipinski definition) is 0. The number of rotatable bonds is 4. The second-order valence-corrected chi connectivity index (χ2v) is 8.81. The molecule has 0 N–H and O–H groups in total. The van der Waals surface area contributed by atoms with Gasteiger partial charge in [0.2, 0.25) is 0 Å². The molecule has 0 saturated carbocycles. The highest BCUT2D eigenvalue weighted by Crippen LogP contribution is 2.38. The molecule has 0 fully saturated rings. The first kappa shape index (κ1) is 20.3. The van der Waals surface area contributed by atoms with Gasteiger partial charge in [0.05, 0.1) is 0 Å². The van der Waals surface area contributed by atoms with Crippen LogP contribution in [0.25, 0.3) is 32.7 Å². The minimum Gasteiger partial charge on any atom is -0.310 e. The molecule has 0 amide bonds. The second kappa shape index (κ2) is 8.53. The van der Waals surface area contributed by atoms with E-state index >= 15 is 0 Å². The number of fused-ring (bicyclic) bond motifs is 2. The van der Waals surface area contributed by atoms with E-state index in [1.54, 1.807) is 0 Å². The van der Waals surface area contributed by atoms with Crippen molar-refractivity contribution in [3.63, 3.8) is 0 Å². The molecule has 0 saturated heterocycles. The van der Waals surface area contributed by atoms with Gasteiger partial charge in [-0.1, -0.05) is 103 Å². The van der Waals surface area contributed by atoms with Gasteiger partial charge >= 0.3 is 0 Å². The van der Waals surface area contributed by atoms with Crippen LogP contribution in [0.3, 0.4) is 0 Å². The molecule has 0 atom stereocenters. The first-order valence-corrected chi connectivity index (χ1v) is 11.7. The molecular weight excluding hydrogens is 410 g/mol. The average Bonchev–Trinajstić information content (AvgIpc) is 2.90. The van der Waals surface area contributed by atoms with Gasteiger partial charge in [-0.25, -0.2) is 0 Å². The molecule has 0 aliphatic rings. The largest absolute Gasteiger partial charge is 0.310 e. The summed E-state index contributed by atoms with van der Waals surface area (Å²) in [5.74, 6) is 0. The Morgan fingerprint density at radius 2 is 0.794 bits per heavy atom. The lowest BCUT2D eigenvalue weighted by atomic mass is 10.0. The molecule has 162 valence electrons. The van der Waals surface area contributed by atoms with Crippen LogP contribution in [0.1, 0.15) is 5.56 Å². The fourth-order valence-corrected chi connectivity index (χ4v) is 4.63. The molecule has 6 aromatic carbocycles. The maximum absolute atomic E-state index is 2.35. The van der Waals surface area contributed by atoms with Crippen molar-refractivity contribution < 1.29 is 0 Å². The van der Waals surface area contributed by atoms with Gasteiger partial charge in [-0.15, -0.1) is 0 Å². The Kier molecular flexibility index (Phi) is 5.08. The summed E-state index contributed by atoms with van der Waals surface area (Å²) in [7, 11) is 0. The van der Waals surface area contributed by atoms with E-state index in [0.717, 1.165) is 17.1 Å². The zero-order valence-corrected chi connectivity index (χ0v) is 19.1. The van der Waals surface area contributed by atoms with E-state index in [1.165, 1.54) is 38.2 Å². The van der Waals surface area contributed by atoms with Crippen LogP contribution in [0.2, 0.25) is 0 Å². The number of benzene rings is 6. The van der Waals surface area contributed by atoms with Gasteiger partial charge in [0.25, 0.3) is 0 Å². The number of hydrogen-bond acceptors (Lipinski definition) is 1. The van der Waals surface area contributed by atoms with Crippen LogP contribution >= 0.6 is 0 Å². The third-order valence-corrected chi connectivity index (χ3v) is 6.49. The summed E-state index contributed by atoms with van der Waals surface area (Å²) in [5, 5.41) is 4.97. The van der Waals surface area contributed by atoms with Crippen molar-refractivity contribution in [2.45, 2.75) is 6.92 Å². The lowest BCUT2D eigenvalue weighted by molar-refractivity contribution is 1.29. The smallest absolute Gasteiger partial charge is 0.0468 e. The maximum atomic E-state index is 2.35. The maximum Gasteiger partial charge on any atom is 0.0468 e. The predicted octanol–water partition coefficient (Wildman–Crippen LogP) is 9.44. The van der Waals surface area contributed by atoms with E-state index in [-0.39, 0.29) is 0 Å². The molecule has 1 heteroatoms. The molecule has 1 nitrogen and oxygen atoms in total. The van der Waals surface area contributed by atoms with E-state index < -0.39 is 0 Å².